The second-order valence-corrected chi connectivity index (χ2v) is 2.97. The fourth-order valence-corrected chi connectivity index (χ4v) is 1.33. The number of nitrogens with zero attached hydrogens (tertiary/aromatic N) is 1. The Hall–Kier alpha value is -1.73. The van der Waals surface area contributed by atoms with Crippen molar-refractivity contribution in [2.45, 2.75) is 0 Å². The zero-order valence-corrected chi connectivity index (χ0v) is 8.71. The van der Waals surface area contributed by atoms with Crippen LogP contribution < -0.4 is 4.74 Å². The smallest absolute Gasteiger partial charge is 0.182 e. The van der Waals surface area contributed by atoms with E-state index in [1.165, 1.54) is 19.2 Å². The van der Waals surface area contributed by atoms with Crippen LogP contribution >= 0.6 is 11.6 Å². The van der Waals surface area contributed by atoms with E-state index in [1.807, 2.05) is 0 Å². The minimum absolute atomic E-state index is 0.0231. The third-order valence-corrected chi connectivity index (χ3v) is 2.12. The van der Waals surface area contributed by atoms with Gasteiger partial charge in [0.05, 0.1) is 18.6 Å². The quantitative estimate of drug-likeness (QED) is 0.628. The topological polar surface area (TPSA) is 70.3 Å². The number of carbonyl (C=O) groups is 1. The van der Waals surface area contributed by atoms with Crippen LogP contribution in [0, 0.1) is 11.3 Å². The summed E-state index contributed by atoms with van der Waals surface area (Å²) in [4.78, 5) is 11.5. The van der Waals surface area contributed by atoms with Crippen LogP contribution in [0.1, 0.15) is 15.9 Å². The Morgan fingerprint density at radius 3 is 2.80 bits per heavy atom. The van der Waals surface area contributed by atoms with E-state index in [0.29, 0.717) is 0 Å². The molecule has 0 heterocycles. The second kappa shape index (κ2) is 4.67. The molecule has 0 aliphatic carbocycles. The number of phenolic OH excluding ortho intramolecular Hbond substituents is 1. The third kappa shape index (κ3) is 2.03. The summed E-state index contributed by atoms with van der Waals surface area (Å²) in [6.45, 7) is 0. The molecule has 1 aromatic carbocycles. The highest BCUT2D eigenvalue weighted by Crippen LogP contribution is 2.29. The van der Waals surface area contributed by atoms with Crippen LogP contribution in [0.25, 0.3) is 0 Å². The number of hydrogen-bond acceptors (Lipinski definition) is 4. The maximum atomic E-state index is 11.5. The van der Waals surface area contributed by atoms with E-state index in [-0.39, 0.29) is 28.5 Å². The normalized spacial score (nSPS) is 9.40. The average molecular weight is 226 g/mol. The molecule has 0 aliphatic heterocycles. The van der Waals surface area contributed by atoms with Gasteiger partial charge < -0.3 is 9.84 Å². The van der Waals surface area contributed by atoms with Crippen molar-refractivity contribution < 1.29 is 14.6 Å². The van der Waals surface area contributed by atoms with E-state index >= 15 is 0 Å². The Morgan fingerprint density at radius 2 is 2.33 bits per heavy atom. The number of ketones is 1. The highest BCUT2D eigenvalue weighted by atomic mass is 35.5. The molecule has 0 radical (unpaired) electrons. The van der Waals surface area contributed by atoms with E-state index < -0.39 is 5.78 Å². The maximum absolute atomic E-state index is 11.5. The van der Waals surface area contributed by atoms with Crippen molar-refractivity contribution in [2.75, 3.05) is 13.0 Å². The van der Waals surface area contributed by atoms with E-state index in [2.05, 4.69) is 0 Å². The first-order valence-corrected chi connectivity index (χ1v) is 4.58. The summed E-state index contributed by atoms with van der Waals surface area (Å²) in [5.41, 5.74) is -0.0880. The standard InChI is InChI=1S/C10H8ClNO3/c1-15-9-3-2-7(13)6(5-12)10(9)8(14)4-11/h2-3,13H,4H2,1H3. The van der Waals surface area contributed by atoms with Crippen LogP contribution in [-0.2, 0) is 0 Å². The van der Waals surface area contributed by atoms with Crippen molar-refractivity contribution in [2.24, 2.45) is 0 Å². The van der Waals surface area contributed by atoms with Crippen LogP contribution in [0.2, 0.25) is 0 Å². The monoisotopic (exact) mass is 225 g/mol. The van der Waals surface area contributed by atoms with Crippen LogP contribution in [0.3, 0.4) is 0 Å². The molecule has 1 rings (SSSR count). The van der Waals surface area contributed by atoms with Gasteiger partial charge in [0.15, 0.2) is 5.78 Å². The second-order valence-electron chi connectivity index (χ2n) is 2.71. The lowest BCUT2D eigenvalue weighted by Gasteiger charge is -2.08. The summed E-state index contributed by atoms with van der Waals surface area (Å²) in [7, 11) is 1.37. The number of halogens is 1. The molecule has 0 aromatic heterocycles. The molecule has 78 valence electrons. The molecule has 1 N–H and O–H groups in total. The molecule has 0 spiro atoms. The first kappa shape index (κ1) is 11.3. The number of phenols is 1. The lowest BCUT2D eigenvalue weighted by Crippen LogP contribution is -2.06. The van der Waals surface area contributed by atoms with Crippen molar-refractivity contribution in [3.63, 3.8) is 0 Å². The van der Waals surface area contributed by atoms with Gasteiger partial charge in [-0.3, -0.25) is 4.79 Å². The molecule has 4 nitrogen and oxygen atoms in total. The van der Waals surface area contributed by atoms with Crippen LogP contribution in [0.4, 0.5) is 0 Å². The number of hydrogen-bond donors (Lipinski definition) is 1. The Bertz CT molecular complexity index is 437. The summed E-state index contributed by atoms with van der Waals surface area (Å²) in [6, 6.07) is 4.45. The number of Topliss-reactive ketones (excluding diaryl/α,β-unsaturated/α-hetero) is 1. The Balaban J connectivity index is 3.49. The van der Waals surface area contributed by atoms with Gasteiger partial charge in [0.25, 0.3) is 0 Å². The van der Waals surface area contributed by atoms with Gasteiger partial charge in [-0.25, -0.2) is 0 Å². The first-order chi connectivity index (χ1) is 7.15. The van der Waals surface area contributed by atoms with Gasteiger partial charge in [-0.05, 0) is 12.1 Å². The Labute approximate surface area is 91.7 Å². The molecule has 5 heteroatoms. The largest absolute Gasteiger partial charge is 0.507 e. The van der Waals surface area contributed by atoms with Gasteiger partial charge >= 0.3 is 0 Å². The molecule has 15 heavy (non-hydrogen) atoms. The third-order valence-electron chi connectivity index (χ3n) is 1.88. The van der Waals surface area contributed by atoms with Gasteiger partial charge in [0.2, 0.25) is 0 Å². The zero-order valence-electron chi connectivity index (χ0n) is 7.95. The summed E-state index contributed by atoms with van der Waals surface area (Å²) in [5, 5.41) is 18.2. The van der Waals surface area contributed by atoms with Crippen molar-refractivity contribution in [1.82, 2.24) is 0 Å². The molecule has 0 unspecified atom stereocenters. The first-order valence-electron chi connectivity index (χ1n) is 4.05. The molecule has 0 bridgehead atoms. The van der Waals surface area contributed by atoms with Crippen LogP contribution in [-0.4, -0.2) is 23.9 Å². The maximum Gasteiger partial charge on any atom is 0.182 e. The minimum Gasteiger partial charge on any atom is -0.507 e. The Kier molecular flexibility index (Phi) is 3.53. The van der Waals surface area contributed by atoms with E-state index in [4.69, 9.17) is 21.6 Å². The predicted octanol–water partition coefficient (Wildman–Crippen LogP) is 1.69. The van der Waals surface area contributed by atoms with E-state index in [1.54, 1.807) is 6.07 Å². The summed E-state index contributed by atoms with van der Waals surface area (Å²) in [5.74, 6) is -0.753. The molecule has 0 saturated carbocycles. The number of carbonyl (C=O) groups excluding carboxylic acids is 1. The Morgan fingerprint density at radius 1 is 1.67 bits per heavy atom. The lowest BCUT2D eigenvalue weighted by molar-refractivity contribution is 0.101. The van der Waals surface area contributed by atoms with Crippen LogP contribution in [0.5, 0.6) is 11.5 Å². The SMILES string of the molecule is COc1ccc(O)c(C#N)c1C(=O)CCl. The van der Waals surface area contributed by atoms with E-state index in [0.717, 1.165) is 0 Å². The summed E-state index contributed by atoms with van der Waals surface area (Å²) in [6.07, 6.45) is 0. The number of aromatic hydroxyl groups is 1. The number of ether oxygens (including phenoxy) is 1. The number of nitriles is 1. The van der Waals surface area contributed by atoms with Crippen LogP contribution in [0.15, 0.2) is 12.1 Å². The number of benzene rings is 1. The van der Waals surface area contributed by atoms with Crippen molar-refractivity contribution in [3.8, 4) is 17.6 Å². The highest BCUT2D eigenvalue weighted by Gasteiger charge is 2.19. The molecular weight excluding hydrogens is 218 g/mol. The van der Waals surface area contributed by atoms with Crippen molar-refractivity contribution in [3.05, 3.63) is 23.3 Å². The lowest BCUT2D eigenvalue weighted by atomic mass is 10.0. The molecule has 0 amide bonds. The molecular formula is C10H8ClNO3. The predicted molar refractivity (Wildman–Crippen MR) is 54.4 cm³/mol. The van der Waals surface area contributed by atoms with E-state index in [9.17, 15) is 9.90 Å². The molecule has 0 aliphatic rings. The van der Waals surface area contributed by atoms with Gasteiger partial charge in [0, 0.05) is 0 Å². The fourth-order valence-electron chi connectivity index (χ4n) is 1.20. The molecule has 1 aromatic rings. The summed E-state index contributed by atoms with van der Waals surface area (Å²) < 4.78 is 4.92. The van der Waals surface area contributed by atoms with Gasteiger partial charge in [-0.15, -0.1) is 11.6 Å². The molecule has 0 atom stereocenters. The number of methoxy groups -OCH3 is 1. The van der Waals surface area contributed by atoms with Crippen molar-refractivity contribution >= 4 is 17.4 Å². The van der Waals surface area contributed by atoms with Crippen molar-refractivity contribution in [1.29, 1.82) is 5.26 Å². The highest BCUT2D eigenvalue weighted by molar-refractivity contribution is 6.31. The van der Waals surface area contributed by atoms with Gasteiger partial charge in [-0.2, -0.15) is 5.26 Å². The van der Waals surface area contributed by atoms with Gasteiger partial charge in [0.1, 0.15) is 23.1 Å². The average Bonchev–Trinajstić information content (AvgIpc) is 2.27. The molecule has 0 fully saturated rings. The number of rotatable bonds is 3. The summed E-state index contributed by atoms with van der Waals surface area (Å²) >= 11 is 5.40. The minimum atomic E-state index is -0.457. The molecule has 0 saturated heterocycles. The van der Waals surface area contributed by atoms with Gasteiger partial charge in [-0.1, -0.05) is 0 Å². The number of alkyl halides is 1. The fraction of sp³-hybridized carbons (Fsp3) is 0.200. The zero-order chi connectivity index (χ0) is 11.4.